The molecule has 0 spiro atoms. The predicted octanol–water partition coefficient (Wildman–Crippen LogP) is 4.95. The summed E-state index contributed by atoms with van der Waals surface area (Å²) in [4.78, 5) is 13.5. The van der Waals surface area contributed by atoms with E-state index in [2.05, 4.69) is 20.3 Å². The molecule has 2 atom stereocenters. The van der Waals surface area contributed by atoms with Gasteiger partial charge in [0.05, 0.1) is 24.2 Å². The zero-order chi connectivity index (χ0) is 23.2. The van der Waals surface area contributed by atoms with Gasteiger partial charge in [-0.3, -0.25) is 4.40 Å². The fourth-order valence-corrected chi connectivity index (χ4v) is 3.99. The molecule has 3 aromatic heterocycles. The maximum atomic E-state index is 13.2. The fourth-order valence-electron chi connectivity index (χ4n) is 3.99. The number of anilines is 1. The molecule has 1 saturated heterocycles. The number of aryl methyl sites for hydroxylation is 1. The average Bonchev–Trinajstić information content (AvgIpc) is 3.46. The Hall–Kier alpha value is -3.40. The summed E-state index contributed by atoms with van der Waals surface area (Å²) < 4.78 is 52.9. The van der Waals surface area contributed by atoms with Crippen LogP contribution in [0.15, 0.2) is 42.7 Å². The Morgan fingerprint density at radius 1 is 1.21 bits per heavy atom. The van der Waals surface area contributed by atoms with Crippen molar-refractivity contribution in [2.45, 2.75) is 38.6 Å². The number of nitrogens with zero attached hydrogens (tertiary/aromatic N) is 4. The maximum absolute atomic E-state index is 13.2. The highest BCUT2D eigenvalue weighted by atomic mass is 19.4. The van der Waals surface area contributed by atoms with E-state index in [9.17, 15) is 13.2 Å². The van der Waals surface area contributed by atoms with Crippen LogP contribution >= 0.6 is 0 Å². The van der Waals surface area contributed by atoms with E-state index >= 15 is 0 Å². The van der Waals surface area contributed by atoms with Gasteiger partial charge in [0, 0.05) is 24.9 Å². The molecule has 0 saturated carbocycles. The van der Waals surface area contributed by atoms with Crippen LogP contribution in [0.5, 0.6) is 5.75 Å². The Bertz CT molecular complexity index is 1310. The van der Waals surface area contributed by atoms with Crippen LogP contribution in [0, 0.1) is 6.92 Å². The molecule has 5 rings (SSSR count). The van der Waals surface area contributed by atoms with E-state index < -0.39 is 17.8 Å². The zero-order valence-corrected chi connectivity index (χ0v) is 18.1. The van der Waals surface area contributed by atoms with Crippen LogP contribution < -0.4 is 10.1 Å². The minimum atomic E-state index is -4.41. The quantitative estimate of drug-likeness (QED) is 0.457. The van der Waals surface area contributed by atoms with Crippen LogP contribution in [0.2, 0.25) is 0 Å². The minimum absolute atomic E-state index is 0.0743. The van der Waals surface area contributed by atoms with Gasteiger partial charge in [0.1, 0.15) is 17.7 Å². The molecule has 1 aromatic carbocycles. The highest BCUT2D eigenvalue weighted by molar-refractivity contribution is 5.91. The number of nitrogens with one attached hydrogen (secondary N) is 1. The minimum Gasteiger partial charge on any atom is -0.484 e. The van der Waals surface area contributed by atoms with Crippen LogP contribution in [0.1, 0.15) is 36.3 Å². The largest absolute Gasteiger partial charge is 0.484 e. The monoisotopic (exact) mass is 457 g/mol. The highest BCUT2D eigenvalue weighted by Gasteiger charge is 2.31. The molecule has 1 aliphatic rings. The SMILES string of the molecule is Cc1nc(NC(C)c2cccc(C(F)(F)F)c2)c2cc(O[C@H]3CCOC3)c3nccn3c2n1. The summed E-state index contributed by atoms with van der Waals surface area (Å²) in [6.07, 6.45) is -0.232. The number of imidazole rings is 1. The third-order valence-corrected chi connectivity index (χ3v) is 5.65. The lowest BCUT2D eigenvalue weighted by Gasteiger charge is -2.19. The second-order valence-corrected chi connectivity index (χ2v) is 8.08. The Morgan fingerprint density at radius 2 is 2.06 bits per heavy atom. The molecule has 33 heavy (non-hydrogen) atoms. The number of rotatable bonds is 5. The van der Waals surface area contributed by atoms with Gasteiger partial charge in [-0.05, 0) is 37.6 Å². The summed E-state index contributed by atoms with van der Waals surface area (Å²) in [5, 5.41) is 3.95. The second-order valence-electron chi connectivity index (χ2n) is 8.08. The van der Waals surface area contributed by atoms with E-state index in [4.69, 9.17) is 9.47 Å². The molecule has 1 unspecified atom stereocenters. The van der Waals surface area contributed by atoms with E-state index in [0.29, 0.717) is 52.8 Å². The Balaban J connectivity index is 1.56. The number of aromatic nitrogens is 4. The number of pyridine rings is 1. The molecule has 172 valence electrons. The fraction of sp³-hybridized carbons (Fsp3) is 0.348. The molecule has 10 heteroatoms. The molecule has 0 aliphatic carbocycles. The van der Waals surface area contributed by atoms with Crippen molar-refractivity contribution < 1.29 is 22.6 Å². The lowest BCUT2D eigenvalue weighted by molar-refractivity contribution is -0.137. The number of alkyl halides is 3. The third-order valence-electron chi connectivity index (χ3n) is 5.65. The van der Waals surface area contributed by atoms with Gasteiger partial charge in [-0.15, -0.1) is 0 Å². The van der Waals surface area contributed by atoms with Crippen LogP contribution in [0.4, 0.5) is 19.0 Å². The van der Waals surface area contributed by atoms with Gasteiger partial charge >= 0.3 is 6.18 Å². The van der Waals surface area contributed by atoms with E-state index in [1.54, 1.807) is 32.3 Å². The summed E-state index contributed by atoms with van der Waals surface area (Å²) in [5.74, 6) is 1.60. The normalized spacial score (nSPS) is 17.5. The number of halogens is 3. The first-order valence-electron chi connectivity index (χ1n) is 10.6. The molecule has 7 nitrogen and oxygen atoms in total. The highest BCUT2D eigenvalue weighted by Crippen LogP contribution is 2.34. The topological polar surface area (TPSA) is 73.6 Å². The van der Waals surface area contributed by atoms with E-state index in [0.717, 1.165) is 18.6 Å². The van der Waals surface area contributed by atoms with Crippen molar-refractivity contribution in [2.75, 3.05) is 18.5 Å². The van der Waals surface area contributed by atoms with Crippen LogP contribution in [-0.2, 0) is 10.9 Å². The van der Waals surface area contributed by atoms with Crippen molar-refractivity contribution in [1.29, 1.82) is 0 Å². The Morgan fingerprint density at radius 3 is 2.82 bits per heavy atom. The zero-order valence-electron chi connectivity index (χ0n) is 18.1. The van der Waals surface area contributed by atoms with Gasteiger partial charge in [-0.25, -0.2) is 15.0 Å². The van der Waals surface area contributed by atoms with Crippen molar-refractivity contribution in [3.63, 3.8) is 0 Å². The van der Waals surface area contributed by atoms with Gasteiger partial charge in [-0.1, -0.05) is 12.1 Å². The van der Waals surface area contributed by atoms with Crippen LogP contribution in [0.3, 0.4) is 0 Å². The molecule has 4 heterocycles. The van der Waals surface area contributed by atoms with E-state index in [1.165, 1.54) is 6.07 Å². The Kier molecular flexibility index (Phi) is 5.32. The lowest BCUT2D eigenvalue weighted by atomic mass is 10.0. The maximum Gasteiger partial charge on any atom is 0.416 e. The summed E-state index contributed by atoms with van der Waals surface area (Å²) in [6.45, 7) is 4.71. The molecular formula is C23H22F3N5O2. The third kappa shape index (κ3) is 4.18. The molecular weight excluding hydrogens is 435 g/mol. The number of hydrogen-bond acceptors (Lipinski definition) is 6. The molecule has 1 aliphatic heterocycles. The first-order valence-corrected chi connectivity index (χ1v) is 10.6. The van der Waals surface area contributed by atoms with E-state index in [1.807, 2.05) is 10.5 Å². The van der Waals surface area contributed by atoms with Crippen LogP contribution in [0.25, 0.3) is 16.7 Å². The summed E-state index contributed by atoms with van der Waals surface area (Å²) >= 11 is 0. The van der Waals surface area contributed by atoms with Gasteiger partial charge in [0.2, 0.25) is 0 Å². The van der Waals surface area contributed by atoms with Gasteiger partial charge < -0.3 is 14.8 Å². The number of benzene rings is 1. The number of hydrogen-bond donors (Lipinski definition) is 1. The standard InChI is InChI=1S/C23H22F3N5O2/c1-13(15-4-3-5-16(10-15)23(24,25)26)28-20-18-11-19(33-17-6-9-32-12-17)22-27-7-8-31(22)21(18)30-14(2)29-20/h3-5,7-8,10-11,13,17H,6,9,12H2,1-2H3,(H,28,29,30)/t13?,17-/m0/s1. The molecule has 0 amide bonds. The number of ether oxygens (including phenoxy) is 2. The second kappa shape index (κ2) is 8.18. The molecule has 0 bridgehead atoms. The number of fused-ring (bicyclic) bond motifs is 3. The van der Waals surface area contributed by atoms with Crippen LogP contribution in [-0.4, -0.2) is 38.7 Å². The lowest BCUT2D eigenvalue weighted by Crippen LogP contribution is -2.17. The predicted molar refractivity (Wildman–Crippen MR) is 116 cm³/mol. The summed E-state index contributed by atoms with van der Waals surface area (Å²) in [5.41, 5.74) is 1.07. The molecule has 0 radical (unpaired) electrons. The Labute approximate surface area is 187 Å². The smallest absolute Gasteiger partial charge is 0.416 e. The van der Waals surface area contributed by atoms with Gasteiger partial charge in [-0.2, -0.15) is 13.2 Å². The van der Waals surface area contributed by atoms with Crippen molar-refractivity contribution in [1.82, 2.24) is 19.4 Å². The van der Waals surface area contributed by atoms with Crippen molar-refractivity contribution in [3.05, 3.63) is 59.7 Å². The molecule has 1 N–H and O–H groups in total. The first kappa shape index (κ1) is 21.4. The van der Waals surface area contributed by atoms with Crippen molar-refractivity contribution in [3.8, 4) is 5.75 Å². The first-order chi connectivity index (χ1) is 15.8. The van der Waals surface area contributed by atoms with E-state index in [-0.39, 0.29) is 6.10 Å². The average molecular weight is 457 g/mol. The molecule has 4 aromatic rings. The van der Waals surface area contributed by atoms with Gasteiger partial charge in [0.25, 0.3) is 0 Å². The molecule has 1 fully saturated rings. The summed E-state index contributed by atoms with van der Waals surface area (Å²) in [7, 11) is 0. The van der Waals surface area contributed by atoms with Crippen molar-refractivity contribution in [2.24, 2.45) is 0 Å². The van der Waals surface area contributed by atoms with Crippen molar-refractivity contribution >= 4 is 22.5 Å². The summed E-state index contributed by atoms with van der Waals surface area (Å²) in [6, 6.07) is 6.67. The van der Waals surface area contributed by atoms with Gasteiger partial charge in [0.15, 0.2) is 17.0 Å².